The average molecular weight is 386 g/mol. The Morgan fingerprint density at radius 1 is 1.12 bits per heavy atom. The van der Waals surface area contributed by atoms with Crippen LogP contribution in [0, 0.1) is 5.92 Å². The van der Waals surface area contributed by atoms with E-state index >= 15 is 0 Å². The lowest BCUT2D eigenvalue weighted by atomic mass is 9.99. The highest BCUT2D eigenvalue weighted by Gasteiger charge is 2.20. The van der Waals surface area contributed by atoms with E-state index in [0.29, 0.717) is 31.3 Å². The Morgan fingerprint density at radius 2 is 1.77 bits per heavy atom. The second-order valence-electron chi connectivity index (χ2n) is 6.91. The summed E-state index contributed by atoms with van der Waals surface area (Å²) in [5.74, 6) is 1.86. The van der Waals surface area contributed by atoms with Crippen molar-refractivity contribution in [3.8, 4) is 11.5 Å². The van der Waals surface area contributed by atoms with Crippen molar-refractivity contribution in [1.82, 2.24) is 4.72 Å². The van der Waals surface area contributed by atoms with E-state index in [-0.39, 0.29) is 4.90 Å². The normalized spacial score (nSPS) is 20.7. The van der Waals surface area contributed by atoms with Crippen molar-refractivity contribution >= 4 is 10.0 Å². The van der Waals surface area contributed by atoms with Gasteiger partial charge in [0.25, 0.3) is 0 Å². The van der Waals surface area contributed by atoms with E-state index in [2.05, 4.69) is 11.6 Å². The van der Waals surface area contributed by atoms with E-state index in [1.165, 1.54) is 32.0 Å². The average Bonchev–Trinajstić information content (AvgIpc) is 2.62. The summed E-state index contributed by atoms with van der Waals surface area (Å²) in [7, 11) is -3.54. The molecule has 0 radical (unpaired) electrons. The molecule has 6 nitrogen and oxygen atoms in total. The highest BCUT2D eigenvalue weighted by atomic mass is 32.2. The monoisotopic (exact) mass is 385 g/mol. The van der Waals surface area contributed by atoms with Crippen LogP contribution in [0.2, 0.25) is 0 Å². The Balaban J connectivity index is 1.89. The van der Waals surface area contributed by atoms with Crippen LogP contribution < -0.4 is 19.1 Å². The van der Waals surface area contributed by atoms with Crippen molar-refractivity contribution in [3.05, 3.63) is 18.2 Å². The molecule has 7 heteroatoms. The van der Waals surface area contributed by atoms with Gasteiger partial charge in [-0.2, -0.15) is 0 Å². The van der Waals surface area contributed by atoms with Crippen LogP contribution in [0.3, 0.4) is 0 Å². The smallest absolute Gasteiger partial charge is 0.240 e. The molecular weight excluding hydrogens is 352 g/mol. The molecule has 2 rings (SSSR count). The van der Waals surface area contributed by atoms with Gasteiger partial charge in [0.2, 0.25) is 10.0 Å². The van der Waals surface area contributed by atoms with Crippen molar-refractivity contribution in [3.63, 3.8) is 0 Å². The number of ether oxygens (including phenoxy) is 2. The van der Waals surface area contributed by atoms with E-state index in [0.717, 1.165) is 18.9 Å². The van der Waals surface area contributed by atoms with Gasteiger partial charge in [-0.25, -0.2) is 13.1 Å². The Hall–Kier alpha value is -1.31. The lowest BCUT2D eigenvalue weighted by molar-refractivity contribution is -0.906. The summed E-state index contributed by atoms with van der Waals surface area (Å²) in [6, 6.07) is 4.75. The molecule has 0 unspecified atom stereocenters. The first kappa shape index (κ1) is 21.0. The molecule has 1 aliphatic heterocycles. The maximum atomic E-state index is 12.5. The Bertz CT molecular complexity index is 656. The zero-order chi connectivity index (χ0) is 19.0. The first-order valence-corrected chi connectivity index (χ1v) is 11.2. The number of hydrogen-bond donors (Lipinski definition) is 2. The van der Waals surface area contributed by atoms with Crippen LogP contribution in [0.4, 0.5) is 0 Å². The maximum absolute atomic E-state index is 12.5. The number of likely N-dealkylation sites (tertiary alicyclic amines) is 1. The van der Waals surface area contributed by atoms with Crippen molar-refractivity contribution in [2.45, 2.75) is 44.9 Å². The fourth-order valence-corrected chi connectivity index (χ4v) is 4.34. The maximum Gasteiger partial charge on any atom is 0.240 e. The molecule has 0 atom stereocenters. The number of quaternary nitrogens is 1. The Morgan fingerprint density at radius 3 is 2.42 bits per heavy atom. The third kappa shape index (κ3) is 6.14. The van der Waals surface area contributed by atoms with Crippen LogP contribution in [-0.2, 0) is 10.0 Å². The third-order valence-corrected chi connectivity index (χ3v) is 6.26. The van der Waals surface area contributed by atoms with Crippen LogP contribution in [0.15, 0.2) is 23.1 Å². The molecule has 1 aliphatic rings. The molecule has 0 aromatic heterocycles. The number of sulfonamides is 1. The number of piperidine rings is 1. The van der Waals surface area contributed by atoms with Crippen LogP contribution in [0.5, 0.6) is 11.5 Å². The summed E-state index contributed by atoms with van der Waals surface area (Å²) in [6.45, 7) is 10.9. The molecule has 1 aromatic rings. The van der Waals surface area contributed by atoms with Crippen molar-refractivity contribution in [1.29, 1.82) is 0 Å². The van der Waals surface area contributed by atoms with Gasteiger partial charge < -0.3 is 14.4 Å². The topological polar surface area (TPSA) is 69.1 Å². The van der Waals surface area contributed by atoms with Crippen molar-refractivity contribution in [2.24, 2.45) is 5.92 Å². The molecular formula is C19H33N2O4S+. The SMILES string of the molecule is CCOc1ccc(S(=O)(=O)NCCC[NH+]2CCC(C)CC2)cc1OCC. The second-order valence-corrected chi connectivity index (χ2v) is 8.68. The fraction of sp³-hybridized carbons (Fsp3) is 0.684. The minimum absolute atomic E-state index is 0.212. The molecule has 2 N–H and O–H groups in total. The minimum Gasteiger partial charge on any atom is -0.490 e. The zero-order valence-corrected chi connectivity index (χ0v) is 17.0. The summed E-state index contributed by atoms with van der Waals surface area (Å²) in [6.07, 6.45) is 3.39. The molecule has 26 heavy (non-hydrogen) atoms. The third-order valence-electron chi connectivity index (χ3n) is 4.81. The molecule has 0 spiro atoms. The second kappa shape index (κ2) is 10.1. The molecule has 0 aliphatic carbocycles. The number of rotatable bonds is 10. The molecule has 0 bridgehead atoms. The Labute approximate surface area is 157 Å². The minimum atomic E-state index is -3.54. The zero-order valence-electron chi connectivity index (χ0n) is 16.2. The van der Waals surface area contributed by atoms with E-state index in [1.54, 1.807) is 17.0 Å². The van der Waals surface area contributed by atoms with Crippen LogP contribution in [0.1, 0.15) is 40.0 Å². The van der Waals surface area contributed by atoms with Crippen molar-refractivity contribution in [2.75, 3.05) is 39.4 Å². The summed E-state index contributed by atoms with van der Waals surface area (Å²) >= 11 is 0. The number of benzene rings is 1. The molecule has 0 saturated carbocycles. The van der Waals surface area contributed by atoms with Gasteiger partial charge in [-0.3, -0.25) is 0 Å². The van der Waals surface area contributed by atoms with Gasteiger partial charge in [-0.1, -0.05) is 6.92 Å². The Kier molecular flexibility index (Phi) is 8.18. The molecule has 1 saturated heterocycles. The number of hydrogen-bond acceptors (Lipinski definition) is 4. The van der Waals surface area contributed by atoms with E-state index in [4.69, 9.17) is 9.47 Å². The highest BCUT2D eigenvalue weighted by molar-refractivity contribution is 7.89. The van der Waals surface area contributed by atoms with E-state index in [9.17, 15) is 8.42 Å². The van der Waals surface area contributed by atoms with Crippen LogP contribution in [0.25, 0.3) is 0 Å². The van der Waals surface area contributed by atoms with Crippen LogP contribution in [-0.4, -0.2) is 47.8 Å². The standard InChI is InChI=1S/C19H32N2O4S/c1-4-24-18-8-7-17(15-19(18)25-5-2)26(22,23)20-11-6-12-21-13-9-16(3)10-14-21/h7-8,15-16,20H,4-6,9-14H2,1-3H3/p+1. The first-order chi connectivity index (χ1) is 12.5. The van der Waals surface area contributed by atoms with Gasteiger partial charge in [0.15, 0.2) is 11.5 Å². The van der Waals surface area contributed by atoms with Gasteiger partial charge >= 0.3 is 0 Å². The first-order valence-electron chi connectivity index (χ1n) is 9.69. The van der Waals surface area contributed by atoms with Gasteiger partial charge in [-0.15, -0.1) is 0 Å². The molecule has 1 heterocycles. The number of nitrogens with one attached hydrogen (secondary N) is 2. The molecule has 0 amide bonds. The van der Waals surface area contributed by atoms with Gasteiger partial charge in [0, 0.05) is 19.0 Å². The molecule has 1 fully saturated rings. The highest BCUT2D eigenvalue weighted by Crippen LogP contribution is 2.30. The summed E-state index contributed by atoms with van der Waals surface area (Å²) in [5.41, 5.74) is 0. The summed E-state index contributed by atoms with van der Waals surface area (Å²) in [4.78, 5) is 1.80. The van der Waals surface area contributed by atoms with E-state index in [1.807, 2.05) is 13.8 Å². The fourth-order valence-electron chi connectivity index (χ4n) is 3.25. The van der Waals surface area contributed by atoms with Gasteiger partial charge in [0.05, 0.1) is 37.7 Å². The van der Waals surface area contributed by atoms with Gasteiger partial charge in [0.1, 0.15) is 0 Å². The lowest BCUT2D eigenvalue weighted by Crippen LogP contribution is -3.13. The van der Waals surface area contributed by atoms with Crippen molar-refractivity contribution < 1.29 is 22.8 Å². The quantitative estimate of drug-likeness (QED) is 0.599. The van der Waals surface area contributed by atoms with Crippen LogP contribution >= 0.6 is 0 Å². The molecule has 148 valence electrons. The van der Waals surface area contributed by atoms with Gasteiger partial charge in [-0.05, 0) is 44.7 Å². The summed E-state index contributed by atoms with van der Waals surface area (Å²) in [5, 5.41) is 0. The summed E-state index contributed by atoms with van der Waals surface area (Å²) < 4.78 is 38.8. The lowest BCUT2D eigenvalue weighted by Gasteiger charge is -2.27. The predicted molar refractivity (Wildman–Crippen MR) is 103 cm³/mol. The largest absolute Gasteiger partial charge is 0.490 e. The predicted octanol–water partition coefficient (Wildman–Crippen LogP) is 1.47. The van der Waals surface area contributed by atoms with E-state index < -0.39 is 10.0 Å². The molecule has 1 aromatic carbocycles.